The minimum Gasteiger partial charge on any atom is -0.322 e. The van der Waals surface area contributed by atoms with Crippen LogP contribution in [0.5, 0.6) is 0 Å². The second-order valence-electron chi connectivity index (χ2n) is 5.58. The molecule has 2 aromatic rings. The molecule has 0 aliphatic rings. The van der Waals surface area contributed by atoms with Crippen LogP contribution in [0.25, 0.3) is 0 Å². The van der Waals surface area contributed by atoms with Crippen LogP contribution >= 0.6 is 0 Å². The first-order valence-corrected chi connectivity index (χ1v) is 7.83. The molecular weight excluding hydrogens is 298 g/mol. The summed E-state index contributed by atoms with van der Waals surface area (Å²) in [7, 11) is 0. The number of carbonyl (C=O) groups is 2. The molecule has 0 atom stereocenters. The van der Waals surface area contributed by atoms with E-state index in [9.17, 15) is 9.59 Å². The minimum absolute atomic E-state index is 0.0568. The van der Waals surface area contributed by atoms with Gasteiger partial charge in [-0.25, -0.2) is 0 Å². The molecule has 3 nitrogen and oxygen atoms in total. The summed E-state index contributed by atoms with van der Waals surface area (Å²) in [5.41, 5.74) is 4.03. The van der Waals surface area contributed by atoms with E-state index in [1.165, 1.54) is 6.08 Å². The maximum Gasteiger partial charge on any atom is 0.248 e. The summed E-state index contributed by atoms with van der Waals surface area (Å²) in [4.78, 5) is 24.4. The quantitative estimate of drug-likeness (QED) is 0.497. The Hall–Kier alpha value is -2.94. The molecule has 24 heavy (non-hydrogen) atoms. The molecular formula is C21H21NO2. The van der Waals surface area contributed by atoms with E-state index in [4.69, 9.17) is 0 Å². The number of ketones is 1. The Kier molecular flexibility index (Phi) is 5.85. The first-order chi connectivity index (χ1) is 11.5. The Morgan fingerprint density at radius 3 is 2.38 bits per heavy atom. The van der Waals surface area contributed by atoms with Gasteiger partial charge in [0.1, 0.15) is 0 Å². The highest BCUT2D eigenvalue weighted by molar-refractivity contribution is 6.10. The lowest BCUT2D eigenvalue weighted by atomic mass is 9.99. The summed E-state index contributed by atoms with van der Waals surface area (Å²) < 4.78 is 0. The largest absolute Gasteiger partial charge is 0.322 e. The van der Waals surface area contributed by atoms with E-state index >= 15 is 0 Å². The fourth-order valence-electron chi connectivity index (χ4n) is 2.23. The van der Waals surface area contributed by atoms with Crippen LogP contribution in [0.4, 0.5) is 5.69 Å². The van der Waals surface area contributed by atoms with E-state index in [0.29, 0.717) is 16.8 Å². The predicted octanol–water partition coefficient (Wildman–Crippen LogP) is 4.61. The molecule has 0 aliphatic carbocycles. The number of allylic oxidation sites excluding steroid dienone is 3. The van der Waals surface area contributed by atoms with Gasteiger partial charge in [0.05, 0.1) is 0 Å². The number of amides is 1. The molecule has 122 valence electrons. The lowest BCUT2D eigenvalue weighted by Gasteiger charge is -2.07. The number of carbonyl (C=O) groups excluding carboxylic acids is 2. The zero-order chi connectivity index (χ0) is 17.5. The van der Waals surface area contributed by atoms with Crippen LogP contribution in [-0.2, 0) is 4.79 Å². The van der Waals surface area contributed by atoms with Crippen molar-refractivity contribution < 1.29 is 9.59 Å². The van der Waals surface area contributed by atoms with Crippen molar-refractivity contribution in [3.8, 4) is 0 Å². The summed E-state index contributed by atoms with van der Waals surface area (Å²) in [6.45, 7) is 5.88. The van der Waals surface area contributed by atoms with Gasteiger partial charge in [0.25, 0.3) is 0 Å². The van der Waals surface area contributed by atoms with Crippen LogP contribution in [0.15, 0.2) is 66.8 Å². The number of hydrogen-bond acceptors (Lipinski definition) is 2. The van der Waals surface area contributed by atoms with Gasteiger partial charge in [-0.3, -0.25) is 9.59 Å². The number of aryl methyl sites for hydroxylation is 2. The van der Waals surface area contributed by atoms with Crippen molar-refractivity contribution >= 4 is 17.4 Å². The third-order valence-electron chi connectivity index (χ3n) is 3.71. The Balaban J connectivity index is 2.18. The summed E-state index contributed by atoms with van der Waals surface area (Å²) in [5, 5.41) is 2.76. The van der Waals surface area contributed by atoms with E-state index in [1.54, 1.807) is 36.4 Å². The fraction of sp³-hybridized carbons (Fsp3) is 0.143. The van der Waals surface area contributed by atoms with Gasteiger partial charge in [-0.2, -0.15) is 0 Å². The van der Waals surface area contributed by atoms with Crippen molar-refractivity contribution in [2.24, 2.45) is 0 Å². The number of anilines is 1. The molecule has 0 aliphatic heterocycles. The van der Waals surface area contributed by atoms with Crippen molar-refractivity contribution in [3.05, 3.63) is 89.0 Å². The Morgan fingerprint density at radius 2 is 1.67 bits per heavy atom. The van der Waals surface area contributed by atoms with Crippen LogP contribution in [0.2, 0.25) is 0 Å². The van der Waals surface area contributed by atoms with Gasteiger partial charge in [-0.1, -0.05) is 42.5 Å². The molecule has 2 rings (SSSR count). The fourth-order valence-corrected chi connectivity index (χ4v) is 2.23. The van der Waals surface area contributed by atoms with Gasteiger partial charge in [-0.15, -0.1) is 0 Å². The van der Waals surface area contributed by atoms with E-state index < -0.39 is 0 Å². The van der Waals surface area contributed by atoms with Crippen molar-refractivity contribution in [1.82, 2.24) is 0 Å². The van der Waals surface area contributed by atoms with E-state index in [0.717, 1.165) is 11.1 Å². The van der Waals surface area contributed by atoms with E-state index in [2.05, 4.69) is 5.32 Å². The standard InChI is InChI=1S/C21H21NO2/c1-4-5-6-10-20(23)22-19-9-7-8-17(14-19)21(24)18-12-11-15(2)16(3)13-18/h4-14H,1-3H3,(H,22,23). The molecule has 0 spiro atoms. The third kappa shape index (κ3) is 4.53. The number of hydrogen-bond donors (Lipinski definition) is 1. The van der Waals surface area contributed by atoms with E-state index in [-0.39, 0.29) is 11.7 Å². The maximum atomic E-state index is 12.6. The van der Waals surface area contributed by atoms with Gasteiger partial charge in [0, 0.05) is 22.9 Å². The molecule has 0 bridgehead atoms. The van der Waals surface area contributed by atoms with Crippen LogP contribution in [0.1, 0.15) is 34.0 Å². The normalized spacial score (nSPS) is 11.1. The highest BCUT2D eigenvalue weighted by Gasteiger charge is 2.11. The molecule has 0 fully saturated rings. The first kappa shape index (κ1) is 17.4. The van der Waals surface area contributed by atoms with E-state index in [1.807, 2.05) is 45.0 Å². The smallest absolute Gasteiger partial charge is 0.248 e. The van der Waals surface area contributed by atoms with Crippen LogP contribution in [-0.4, -0.2) is 11.7 Å². The summed E-state index contributed by atoms with van der Waals surface area (Å²) >= 11 is 0. The van der Waals surface area contributed by atoms with Crippen LogP contribution in [0, 0.1) is 13.8 Å². The molecule has 1 N–H and O–H groups in total. The highest BCUT2D eigenvalue weighted by Crippen LogP contribution is 2.17. The number of benzene rings is 2. The second kappa shape index (κ2) is 8.06. The summed E-state index contributed by atoms with van der Waals surface area (Å²) in [5.74, 6) is -0.289. The van der Waals surface area contributed by atoms with Gasteiger partial charge < -0.3 is 5.32 Å². The lowest BCUT2D eigenvalue weighted by Crippen LogP contribution is -2.09. The third-order valence-corrected chi connectivity index (χ3v) is 3.71. The average molecular weight is 319 g/mol. The monoisotopic (exact) mass is 319 g/mol. The topological polar surface area (TPSA) is 46.2 Å². The predicted molar refractivity (Wildman–Crippen MR) is 98.4 cm³/mol. The first-order valence-electron chi connectivity index (χ1n) is 7.83. The van der Waals surface area contributed by atoms with Gasteiger partial charge in [0.15, 0.2) is 5.78 Å². The zero-order valence-corrected chi connectivity index (χ0v) is 14.2. The molecule has 0 heterocycles. The summed E-state index contributed by atoms with van der Waals surface area (Å²) in [6, 6.07) is 12.6. The SMILES string of the molecule is CC=CC=CC(=O)Nc1cccc(C(=O)c2ccc(C)c(C)c2)c1. The van der Waals surface area contributed by atoms with Crippen LogP contribution in [0.3, 0.4) is 0 Å². The molecule has 1 amide bonds. The number of rotatable bonds is 5. The van der Waals surface area contributed by atoms with Crippen LogP contribution < -0.4 is 5.32 Å². The average Bonchev–Trinajstić information content (AvgIpc) is 2.57. The van der Waals surface area contributed by atoms with Gasteiger partial charge >= 0.3 is 0 Å². The van der Waals surface area contributed by atoms with Gasteiger partial charge in [0.2, 0.25) is 5.91 Å². The molecule has 0 radical (unpaired) electrons. The van der Waals surface area contributed by atoms with Gasteiger partial charge in [-0.05, 0) is 50.1 Å². The maximum absolute atomic E-state index is 12.6. The van der Waals surface area contributed by atoms with Crippen molar-refractivity contribution in [2.75, 3.05) is 5.32 Å². The number of nitrogens with one attached hydrogen (secondary N) is 1. The molecule has 0 saturated carbocycles. The lowest BCUT2D eigenvalue weighted by molar-refractivity contribution is -0.111. The Morgan fingerprint density at radius 1 is 0.917 bits per heavy atom. The van der Waals surface area contributed by atoms with Crippen molar-refractivity contribution in [1.29, 1.82) is 0 Å². The molecule has 0 aromatic heterocycles. The van der Waals surface area contributed by atoms with Crippen molar-refractivity contribution in [3.63, 3.8) is 0 Å². The summed E-state index contributed by atoms with van der Waals surface area (Å²) in [6.07, 6.45) is 6.73. The Labute approximate surface area is 142 Å². The van der Waals surface area contributed by atoms with Crippen molar-refractivity contribution in [2.45, 2.75) is 20.8 Å². The molecule has 3 heteroatoms. The zero-order valence-electron chi connectivity index (χ0n) is 14.2. The molecule has 0 saturated heterocycles. The second-order valence-corrected chi connectivity index (χ2v) is 5.58. The highest BCUT2D eigenvalue weighted by atomic mass is 16.1. The Bertz CT molecular complexity index is 816. The minimum atomic E-state index is -0.233. The molecule has 2 aromatic carbocycles. The molecule has 0 unspecified atom stereocenters.